The van der Waals surface area contributed by atoms with E-state index < -0.39 is 0 Å². The monoisotopic (exact) mass is 522 g/mol. The fourth-order valence-electron chi connectivity index (χ4n) is 3.62. The highest BCUT2D eigenvalue weighted by Gasteiger charge is 2.15. The van der Waals surface area contributed by atoms with E-state index >= 15 is 0 Å². The molecule has 0 heterocycles. The van der Waals surface area contributed by atoms with Crippen LogP contribution >= 0.6 is 18.8 Å². The van der Waals surface area contributed by atoms with Crippen molar-refractivity contribution >= 4 is 18.8 Å². The molecule has 0 saturated carbocycles. The van der Waals surface area contributed by atoms with E-state index in [1.807, 2.05) is 0 Å². The highest BCUT2D eigenvalue weighted by atomic mass is 31.0. The SMILES string of the molecule is CC(C)(C)CNCCNCCN(CCNCCNP)CCNCCN(CCNP)CC(C)(C)C. The largest absolute Gasteiger partial charge is 0.315 e. The smallest absolute Gasteiger partial charge is 0.0114 e. The first kappa shape index (κ1) is 34.5. The average Bonchev–Trinajstić information content (AvgIpc) is 2.73. The lowest BCUT2D eigenvalue weighted by molar-refractivity contribution is 0.193. The van der Waals surface area contributed by atoms with Crippen LogP contribution in [0.2, 0.25) is 0 Å². The Hall–Kier alpha value is 0.540. The third-order valence-electron chi connectivity index (χ3n) is 5.27. The summed E-state index contributed by atoms with van der Waals surface area (Å²) in [6, 6.07) is 0. The van der Waals surface area contributed by atoms with Crippen LogP contribution in [0.3, 0.4) is 0 Å². The molecule has 0 aliphatic rings. The van der Waals surface area contributed by atoms with Crippen LogP contribution in [-0.2, 0) is 0 Å². The second-order valence-electron chi connectivity index (χ2n) is 11.6. The van der Waals surface area contributed by atoms with Crippen molar-refractivity contribution in [1.29, 1.82) is 0 Å². The molecule has 0 aromatic rings. The van der Waals surface area contributed by atoms with Crippen molar-refractivity contribution in [1.82, 2.24) is 41.2 Å². The van der Waals surface area contributed by atoms with Crippen LogP contribution in [-0.4, -0.2) is 115 Å². The minimum absolute atomic E-state index is 0.325. The Labute approximate surface area is 217 Å². The highest BCUT2D eigenvalue weighted by molar-refractivity contribution is 7.13. The van der Waals surface area contributed by atoms with Gasteiger partial charge in [-0.05, 0) is 10.8 Å². The summed E-state index contributed by atoms with van der Waals surface area (Å²) in [5, 5.41) is 20.7. The Morgan fingerprint density at radius 3 is 1.35 bits per heavy atom. The van der Waals surface area contributed by atoms with Gasteiger partial charge in [-0.15, -0.1) is 0 Å². The molecule has 0 aliphatic carbocycles. The molecular formula is C24H60N8P2. The molecule has 0 aromatic heterocycles. The van der Waals surface area contributed by atoms with Gasteiger partial charge >= 0.3 is 0 Å². The lowest BCUT2D eigenvalue weighted by Crippen LogP contribution is -2.44. The van der Waals surface area contributed by atoms with E-state index in [2.05, 4.69) is 102 Å². The molecule has 0 fully saturated rings. The Balaban J connectivity index is 4.21. The third kappa shape index (κ3) is 25.6. The van der Waals surface area contributed by atoms with Gasteiger partial charge in [0, 0.05) is 105 Å². The summed E-state index contributed by atoms with van der Waals surface area (Å²) in [7, 11) is 5.17. The first-order valence-electron chi connectivity index (χ1n) is 13.2. The topological polar surface area (TPSA) is 78.7 Å². The maximum absolute atomic E-state index is 3.68. The van der Waals surface area contributed by atoms with Gasteiger partial charge in [0.05, 0.1) is 0 Å². The molecule has 0 amide bonds. The van der Waals surface area contributed by atoms with E-state index in [1.54, 1.807) is 0 Å². The lowest BCUT2D eigenvalue weighted by Gasteiger charge is -2.30. The van der Waals surface area contributed by atoms with Crippen molar-refractivity contribution in [2.75, 3.05) is 105 Å². The van der Waals surface area contributed by atoms with Gasteiger partial charge in [0.25, 0.3) is 0 Å². The number of hydrogen-bond acceptors (Lipinski definition) is 8. The van der Waals surface area contributed by atoms with Crippen LogP contribution in [0, 0.1) is 10.8 Å². The molecule has 0 rings (SSSR count). The van der Waals surface area contributed by atoms with E-state index in [9.17, 15) is 0 Å². The van der Waals surface area contributed by atoms with Gasteiger partial charge in [0.15, 0.2) is 0 Å². The van der Waals surface area contributed by atoms with Gasteiger partial charge in [0.1, 0.15) is 0 Å². The van der Waals surface area contributed by atoms with Gasteiger partial charge in [-0.2, -0.15) is 0 Å². The molecule has 2 unspecified atom stereocenters. The van der Waals surface area contributed by atoms with Crippen molar-refractivity contribution in [3.63, 3.8) is 0 Å². The molecule has 6 N–H and O–H groups in total. The Kier molecular flexibility index (Phi) is 22.0. The van der Waals surface area contributed by atoms with Crippen LogP contribution in [0.4, 0.5) is 0 Å². The van der Waals surface area contributed by atoms with Crippen LogP contribution in [0.5, 0.6) is 0 Å². The number of nitrogens with one attached hydrogen (secondary N) is 6. The predicted molar refractivity (Wildman–Crippen MR) is 159 cm³/mol. The number of nitrogens with zero attached hydrogens (tertiary/aromatic N) is 2. The van der Waals surface area contributed by atoms with Gasteiger partial charge in [0.2, 0.25) is 0 Å². The van der Waals surface area contributed by atoms with E-state index in [4.69, 9.17) is 0 Å². The lowest BCUT2D eigenvalue weighted by atomic mass is 9.96. The van der Waals surface area contributed by atoms with Crippen molar-refractivity contribution in [2.24, 2.45) is 10.8 Å². The van der Waals surface area contributed by atoms with Gasteiger partial charge in [-0.1, -0.05) is 60.3 Å². The molecule has 0 radical (unpaired) electrons. The third-order valence-corrected chi connectivity index (χ3v) is 5.85. The quantitative estimate of drug-likeness (QED) is 0.0870. The Bertz CT molecular complexity index is 444. The highest BCUT2D eigenvalue weighted by Crippen LogP contribution is 2.14. The molecule has 34 heavy (non-hydrogen) atoms. The summed E-state index contributed by atoms with van der Waals surface area (Å²) >= 11 is 0. The Morgan fingerprint density at radius 2 is 0.882 bits per heavy atom. The summed E-state index contributed by atoms with van der Waals surface area (Å²) in [5.74, 6) is 0. The van der Waals surface area contributed by atoms with Crippen LogP contribution in [0.25, 0.3) is 0 Å². The zero-order chi connectivity index (χ0) is 25.7. The van der Waals surface area contributed by atoms with Crippen molar-refractivity contribution in [2.45, 2.75) is 41.5 Å². The predicted octanol–water partition coefficient (Wildman–Crippen LogP) is 0.800. The molecule has 0 aliphatic heterocycles. The molecule has 0 spiro atoms. The Morgan fingerprint density at radius 1 is 0.471 bits per heavy atom. The van der Waals surface area contributed by atoms with Crippen molar-refractivity contribution < 1.29 is 0 Å². The molecule has 206 valence electrons. The normalized spacial score (nSPS) is 12.9. The summed E-state index contributed by atoms with van der Waals surface area (Å²) in [6.07, 6.45) is 0. The molecule has 10 heteroatoms. The van der Waals surface area contributed by atoms with E-state index in [1.165, 1.54) is 0 Å². The molecule has 2 atom stereocenters. The fourth-order valence-corrected chi connectivity index (χ4v) is 3.90. The molecule has 0 aromatic carbocycles. The summed E-state index contributed by atoms with van der Waals surface area (Å²) in [4.78, 5) is 5.12. The van der Waals surface area contributed by atoms with Gasteiger partial charge in [-0.25, -0.2) is 0 Å². The van der Waals surface area contributed by atoms with E-state index in [0.717, 1.165) is 105 Å². The molecular weight excluding hydrogens is 462 g/mol. The number of hydrogen-bond donors (Lipinski definition) is 6. The summed E-state index contributed by atoms with van der Waals surface area (Å²) in [5.41, 5.74) is 0.671. The fraction of sp³-hybridized carbons (Fsp3) is 1.00. The van der Waals surface area contributed by atoms with E-state index in [-0.39, 0.29) is 0 Å². The minimum Gasteiger partial charge on any atom is -0.315 e. The zero-order valence-corrected chi connectivity index (χ0v) is 25.7. The second kappa shape index (κ2) is 21.6. The number of rotatable bonds is 23. The van der Waals surface area contributed by atoms with E-state index in [0.29, 0.717) is 10.8 Å². The second-order valence-corrected chi connectivity index (χ2v) is 12.4. The zero-order valence-electron chi connectivity index (χ0n) is 23.4. The van der Waals surface area contributed by atoms with Crippen LogP contribution in [0.15, 0.2) is 0 Å². The van der Waals surface area contributed by atoms with Crippen molar-refractivity contribution in [3.05, 3.63) is 0 Å². The van der Waals surface area contributed by atoms with Crippen molar-refractivity contribution in [3.8, 4) is 0 Å². The average molecular weight is 523 g/mol. The maximum Gasteiger partial charge on any atom is 0.0114 e. The molecule has 8 nitrogen and oxygen atoms in total. The first-order chi connectivity index (χ1) is 16.1. The first-order valence-corrected chi connectivity index (χ1v) is 14.4. The summed E-state index contributed by atoms with van der Waals surface area (Å²) < 4.78 is 0. The van der Waals surface area contributed by atoms with Crippen LogP contribution in [0.1, 0.15) is 41.5 Å². The molecule has 0 bridgehead atoms. The summed E-state index contributed by atoms with van der Waals surface area (Å²) in [6.45, 7) is 30.5. The maximum atomic E-state index is 3.68. The minimum atomic E-state index is 0.325. The standard InChI is InChI=1S/C24H60N8P2/c1-23(2,3)21-28-8-7-25-11-16-31(17-12-26-9-10-29-33)18-13-27-14-19-32(20-15-30-34)22-24(4,5)6/h25-30H,7-22,33-34H2,1-6H3. The van der Waals surface area contributed by atoms with Crippen LogP contribution < -0.4 is 31.4 Å². The van der Waals surface area contributed by atoms with Gasteiger partial charge < -0.3 is 26.2 Å². The molecule has 0 saturated heterocycles. The van der Waals surface area contributed by atoms with Gasteiger partial charge in [-0.3, -0.25) is 15.1 Å².